The first kappa shape index (κ1) is 16.6. The summed E-state index contributed by atoms with van der Waals surface area (Å²) in [5, 5.41) is 3.02. The number of hydrogen-bond acceptors (Lipinski definition) is 3. The third kappa shape index (κ3) is 2.94. The van der Waals surface area contributed by atoms with Crippen LogP contribution in [0.3, 0.4) is 0 Å². The molecule has 0 radical (unpaired) electrons. The highest BCUT2D eigenvalue weighted by molar-refractivity contribution is 5.97. The van der Waals surface area contributed by atoms with Gasteiger partial charge in [-0.1, -0.05) is 31.2 Å². The number of rotatable bonds is 5. The van der Waals surface area contributed by atoms with Gasteiger partial charge in [-0.2, -0.15) is 0 Å². The van der Waals surface area contributed by atoms with E-state index in [0.29, 0.717) is 18.0 Å². The largest absolute Gasteiger partial charge is 0.489 e. The number of carbonyl (C=O) groups is 1. The smallest absolute Gasteiger partial charge is 0.255 e. The lowest BCUT2D eigenvalue weighted by Gasteiger charge is -2.10. The Kier molecular flexibility index (Phi) is 4.37. The first-order valence-corrected chi connectivity index (χ1v) is 9.13. The number of ether oxygens (including phenoxy) is 1. The summed E-state index contributed by atoms with van der Waals surface area (Å²) in [6, 6.07) is 13.9. The van der Waals surface area contributed by atoms with Gasteiger partial charge in [0.2, 0.25) is 0 Å². The average Bonchev–Trinajstić information content (AvgIpc) is 3.20. The zero-order valence-electron chi connectivity index (χ0n) is 15.1. The molecule has 3 aromatic rings. The molecule has 1 aromatic heterocycles. The maximum atomic E-state index is 12.6. The molecule has 2 unspecified atom stereocenters. The number of nitrogens with one attached hydrogen (secondary N) is 1. The molecule has 1 N–H and O–H groups in total. The van der Waals surface area contributed by atoms with Crippen molar-refractivity contribution >= 4 is 16.9 Å². The first-order valence-electron chi connectivity index (χ1n) is 9.13. The van der Waals surface area contributed by atoms with Crippen molar-refractivity contribution in [1.82, 2.24) is 14.9 Å². The molecule has 26 heavy (non-hydrogen) atoms. The van der Waals surface area contributed by atoms with E-state index in [1.54, 1.807) is 0 Å². The fourth-order valence-corrected chi connectivity index (χ4v) is 3.50. The van der Waals surface area contributed by atoms with E-state index in [1.165, 1.54) is 0 Å². The molecule has 2 heterocycles. The fourth-order valence-electron chi connectivity index (χ4n) is 3.50. The number of imidazole rings is 1. The molecule has 0 saturated carbocycles. The Morgan fingerprint density at radius 2 is 2.04 bits per heavy atom. The number of benzene rings is 2. The lowest BCUT2D eigenvalue weighted by molar-refractivity contribution is 0.0948. The fraction of sp³-hybridized carbons (Fsp3) is 0.333. The summed E-state index contributed by atoms with van der Waals surface area (Å²) >= 11 is 0. The normalized spacial score (nSPS) is 18.5. The van der Waals surface area contributed by atoms with E-state index >= 15 is 0 Å². The second kappa shape index (κ2) is 6.83. The zero-order valence-corrected chi connectivity index (χ0v) is 15.1. The lowest BCUT2D eigenvalue weighted by atomic mass is 9.97. The van der Waals surface area contributed by atoms with Gasteiger partial charge in [0.1, 0.15) is 11.9 Å². The summed E-state index contributed by atoms with van der Waals surface area (Å²) in [6.07, 6.45) is 2.80. The van der Waals surface area contributed by atoms with Gasteiger partial charge in [0.15, 0.2) is 0 Å². The summed E-state index contributed by atoms with van der Waals surface area (Å²) in [6.45, 7) is 5.60. The van der Waals surface area contributed by atoms with Crippen molar-refractivity contribution in [1.29, 1.82) is 0 Å². The van der Waals surface area contributed by atoms with Crippen LogP contribution in [-0.2, 0) is 6.54 Å². The Morgan fingerprint density at radius 1 is 1.19 bits per heavy atom. The van der Waals surface area contributed by atoms with Crippen molar-refractivity contribution in [2.45, 2.75) is 38.8 Å². The predicted octanol–water partition coefficient (Wildman–Crippen LogP) is 3.74. The van der Waals surface area contributed by atoms with Gasteiger partial charge >= 0.3 is 0 Å². The highest BCUT2D eigenvalue weighted by Gasteiger charge is 2.30. The van der Waals surface area contributed by atoms with Gasteiger partial charge in [0.05, 0.1) is 22.9 Å². The van der Waals surface area contributed by atoms with Crippen molar-refractivity contribution in [3.8, 4) is 5.75 Å². The molecule has 1 aliphatic rings. The van der Waals surface area contributed by atoms with Crippen LogP contribution in [0.15, 0.2) is 48.8 Å². The summed E-state index contributed by atoms with van der Waals surface area (Å²) in [5.41, 5.74) is 3.87. The van der Waals surface area contributed by atoms with Crippen LogP contribution in [0.25, 0.3) is 11.0 Å². The Hall–Kier alpha value is -2.82. The van der Waals surface area contributed by atoms with Crippen LogP contribution in [0.1, 0.15) is 42.1 Å². The van der Waals surface area contributed by atoms with Crippen LogP contribution in [0.2, 0.25) is 0 Å². The number of aryl methyl sites for hydroxylation is 1. The zero-order chi connectivity index (χ0) is 18.1. The second-order valence-corrected chi connectivity index (χ2v) is 6.87. The summed E-state index contributed by atoms with van der Waals surface area (Å²) in [4.78, 5) is 17.0. The van der Waals surface area contributed by atoms with Crippen LogP contribution in [0, 0.1) is 0 Å². The highest BCUT2D eigenvalue weighted by Crippen LogP contribution is 2.40. The van der Waals surface area contributed by atoms with Crippen LogP contribution in [-0.4, -0.2) is 28.1 Å². The van der Waals surface area contributed by atoms with Gasteiger partial charge in [-0.15, -0.1) is 0 Å². The predicted molar refractivity (Wildman–Crippen MR) is 102 cm³/mol. The molecule has 0 saturated heterocycles. The first-order chi connectivity index (χ1) is 12.6. The third-order valence-corrected chi connectivity index (χ3v) is 5.18. The minimum atomic E-state index is -0.0707. The molecule has 0 spiro atoms. The minimum absolute atomic E-state index is 0.0707. The number of para-hydroxylation sites is 3. The topological polar surface area (TPSA) is 56.1 Å². The van der Waals surface area contributed by atoms with Gasteiger partial charge in [-0.3, -0.25) is 4.79 Å². The van der Waals surface area contributed by atoms with E-state index in [-0.39, 0.29) is 12.0 Å². The molecular weight excluding hydrogens is 326 g/mol. The van der Waals surface area contributed by atoms with E-state index in [2.05, 4.69) is 27.9 Å². The number of hydrogen-bond donors (Lipinski definition) is 1. The van der Waals surface area contributed by atoms with Crippen LogP contribution < -0.4 is 10.1 Å². The van der Waals surface area contributed by atoms with Crippen molar-refractivity contribution in [3.63, 3.8) is 0 Å². The molecular formula is C21H23N3O2. The molecule has 2 atom stereocenters. The molecule has 0 aliphatic carbocycles. The summed E-state index contributed by atoms with van der Waals surface area (Å²) < 4.78 is 8.03. The summed E-state index contributed by atoms with van der Waals surface area (Å²) in [7, 11) is 0. The molecule has 2 aromatic carbocycles. The van der Waals surface area contributed by atoms with Crippen LogP contribution in [0.5, 0.6) is 5.75 Å². The minimum Gasteiger partial charge on any atom is -0.489 e. The third-order valence-electron chi connectivity index (χ3n) is 5.18. The standard InChI is InChI=1S/C21H23N3O2/c1-14-15(2)26-20-16(14)7-5-8-17(20)21(25)22-11-6-12-24-13-23-18-9-3-4-10-19(18)24/h3-5,7-10,13-15H,6,11-12H2,1-2H3,(H,22,25). The molecule has 4 rings (SSSR count). The Balaban J connectivity index is 1.37. The highest BCUT2D eigenvalue weighted by atomic mass is 16.5. The monoisotopic (exact) mass is 349 g/mol. The Bertz CT molecular complexity index is 947. The molecule has 1 amide bonds. The van der Waals surface area contributed by atoms with Gasteiger partial charge in [0, 0.05) is 24.6 Å². The number of aromatic nitrogens is 2. The van der Waals surface area contributed by atoms with Crippen LogP contribution in [0.4, 0.5) is 0 Å². The lowest BCUT2D eigenvalue weighted by Crippen LogP contribution is -2.25. The van der Waals surface area contributed by atoms with Gasteiger partial charge in [-0.25, -0.2) is 4.98 Å². The molecule has 0 fully saturated rings. The van der Waals surface area contributed by atoms with Crippen molar-refractivity contribution in [2.24, 2.45) is 0 Å². The molecule has 134 valence electrons. The maximum Gasteiger partial charge on any atom is 0.255 e. The van der Waals surface area contributed by atoms with E-state index in [1.807, 2.05) is 49.6 Å². The van der Waals surface area contributed by atoms with E-state index in [4.69, 9.17) is 4.74 Å². The van der Waals surface area contributed by atoms with Crippen molar-refractivity contribution in [3.05, 3.63) is 59.9 Å². The van der Waals surface area contributed by atoms with Crippen molar-refractivity contribution < 1.29 is 9.53 Å². The Morgan fingerprint density at radius 3 is 2.92 bits per heavy atom. The van der Waals surface area contributed by atoms with E-state index < -0.39 is 0 Å². The molecule has 1 aliphatic heterocycles. The number of carbonyl (C=O) groups excluding carboxylic acids is 1. The number of fused-ring (bicyclic) bond motifs is 2. The van der Waals surface area contributed by atoms with Crippen LogP contribution >= 0.6 is 0 Å². The molecule has 5 heteroatoms. The van der Waals surface area contributed by atoms with Crippen molar-refractivity contribution in [2.75, 3.05) is 6.54 Å². The second-order valence-electron chi connectivity index (χ2n) is 6.87. The summed E-state index contributed by atoms with van der Waals surface area (Å²) in [5.74, 6) is 0.983. The molecule has 5 nitrogen and oxygen atoms in total. The SMILES string of the molecule is CC1Oc2c(C(=O)NCCCn3cnc4ccccc43)cccc2C1C. The van der Waals surface area contributed by atoms with Gasteiger partial charge in [0.25, 0.3) is 5.91 Å². The Labute approximate surface area is 153 Å². The maximum absolute atomic E-state index is 12.6. The quantitative estimate of drug-likeness (QED) is 0.714. The van der Waals surface area contributed by atoms with Gasteiger partial charge < -0.3 is 14.6 Å². The molecule has 0 bridgehead atoms. The number of nitrogens with zero attached hydrogens (tertiary/aromatic N) is 2. The van der Waals surface area contributed by atoms with Gasteiger partial charge in [-0.05, 0) is 31.5 Å². The van der Waals surface area contributed by atoms with E-state index in [0.717, 1.165) is 35.3 Å². The van der Waals surface area contributed by atoms with E-state index in [9.17, 15) is 4.79 Å². The average molecular weight is 349 g/mol. The number of amides is 1.